The summed E-state index contributed by atoms with van der Waals surface area (Å²) in [6.07, 6.45) is 0.927. The molecule has 0 spiro atoms. The molecule has 2 rings (SSSR count). The Kier molecular flexibility index (Phi) is 2.58. The van der Waals surface area contributed by atoms with Crippen molar-refractivity contribution >= 4 is 22.7 Å². The van der Waals surface area contributed by atoms with Crippen molar-refractivity contribution in [1.82, 2.24) is 0 Å². The van der Waals surface area contributed by atoms with Gasteiger partial charge in [-0.3, -0.25) is 0 Å². The van der Waals surface area contributed by atoms with E-state index in [1.807, 2.05) is 12.1 Å². The van der Waals surface area contributed by atoms with Gasteiger partial charge in [-0.1, -0.05) is 23.8 Å². The van der Waals surface area contributed by atoms with Crippen molar-refractivity contribution in [1.29, 1.82) is 0 Å². The Bertz CT molecular complexity index is 350. The summed E-state index contributed by atoms with van der Waals surface area (Å²) in [7, 11) is 0. The predicted molar refractivity (Wildman–Crippen MR) is 62.1 cm³/mol. The van der Waals surface area contributed by atoms with E-state index >= 15 is 0 Å². The van der Waals surface area contributed by atoms with Gasteiger partial charge in [-0.2, -0.15) is 0 Å². The fraction of sp³-hybridized carbons (Fsp3) is 0.400. The van der Waals surface area contributed by atoms with Gasteiger partial charge in [0.2, 0.25) is 0 Å². The number of hydrogen-bond donors (Lipinski definition) is 1. The Morgan fingerprint density at radius 2 is 2.29 bits per heavy atom. The molecule has 0 aromatic heterocycles. The molecule has 0 unspecified atom stereocenters. The van der Waals surface area contributed by atoms with Crippen LogP contribution in [0.25, 0.3) is 0 Å². The van der Waals surface area contributed by atoms with Crippen LogP contribution in [0.1, 0.15) is 19.4 Å². The SMILES string of the molecule is CC1(C)Cc2cccc(OSS)c2O1. The van der Waals surface area contributed by atoms with E-state index in [2.05, 4.69) is 31.6 Å². The maximum Gasteiger partial charge on any atom is 0.180 e. The number of fused-ring (bicyclic) bond motifs is 1. The molecule has 0 radical (unpaired) electrons. The molecule has 0 atom stereocenters. The van der Waals surface area contributed by atoms with Crippen LogP contribution in [0.2, 0.25) is 0 Å². The van der Waals surface area contributed by atoms with Gasteiger partial charge in [-0.05, 0) is 19.9 Å². The molecule has 0 saturated heterocycles. The number of hydrogen-bond acceptors (Lipinski definition) is 4. The molecule has 1 aromatic rings. The predicted octanol–water partition coefficient (Wildman–Crippen LogP) is 3.27. The molecule has 1 aromatic carbocycles. The fourth-order valence-corrected chi connectivity index (χ4v) is 2.15. The van der Waals surface area contributed by atoms with Crippen LogP contribution >= 0.6 is 22.7 Å². The largest absolute Gasteiger partial charge is 0.483 e. The molecule has 1 heterocycles. The normalized spacial score (nSPS) is 17.4. The Morgan fingerprint density at radius 3 is 3.00 bits per heavy atom. The van der Waals surface area contributed by atoms with Crippen LogP contribution in [0, 0.1) is 0 Å². The van der Waals surface area contributed by atoms with E-state index in [0.717, 1.165) is 29.0 Å². The Hall–Kier alpha value is -0.480. The molecular weight excluding hydrogens is 216 g/mol. The molecule has 2 nitrogen and oxygen atoms in total. The molecule has 76 valence electrons. The number of rotatable bonds is 2. The van der Waals surface area contributed by atoms with E-state index in [0.29, 0.717) is 0 Å². The van der Waals surface area contributed by atoms with Crippen LogP contribution < -0.4 is 8.92 Å². The second kappa shape index (κ2) is 3.59. The molecule has 14 heavy (non-hydrogen) atoms. The molecule has 0 fully saturated rings. The van der Waals surface area contributed by atoms with Gasteiger partial charge in [0, 0.05) is 12.0 Å². The van der Waals surface area contributed by atoms with Gasteiger partial charge in [0.15, 0.2) is 11.5 Å². The second-order valence-corrected chi connectivity index (χ2v) is 4.70. The lowest BCUT2D eigenvalue weighted by Crippen LogP contribution is -2.24. The number of thiol groups is 1. The summed E-state index contributed by atoms with van der Waals surface area (Å²) in [4.78, 5) is 0. The first-order valence-corrected chi connectivity index (χ1v) is 6.21. The van der Waals surface area contributed by atoms with Crippen molar-refractivity contribution in [3.05, 3.63) is 23.8 Å². The maximum absolute atomic E-state index is 5.81. The minimum atomic E-state index is -0.122. The summed E-state index contributed by atoms with van der Waals surface area (Å²) in [5, 5.41) is 0. The second-order valence-electron chi connectivity index (χ2n) is 3.94. The number of benzene rings is 1. The maximum atomic E-state index is 5.81. The van der Waals surface area contributed by atoms with Crippen molar-refractivity contribution in [2.75, 3.05) is 0 Å². The van der Waals surface area contributed by atoms with Gasteiger partial charge >= 0.3 is 0 Å². The van der Waals surface area contributed by atoms with Crippen molar-refractivity contribution in [2.45, 2.75) is 25.9 Å². The Morgan fingerprint density at radius 1 is 1.50 bits per heavy atom. The summed E-state index contributed by atoms with van der Waals surface area (Å²) in [6, 6.07) is 5.94. The molecular formula is C10H12O2S2. The lowest BCUT2D eigenvalue weighted by atomic mass is 10.0. The van der Waals surface area contributed by atoms with Crippen molar-refractivity contribution < 1.29 is 8.92 Å². The van der Waals surface area contributed by atoms with Gasteiger partial charge in [0.1, 0.15) is 16.7 Å². The zero-order valence-electron chi connectivity index (χ0n) is 8.11. The molecule has 1 aliphatic rings. The van der Waals surface area contributed by atoms with E-state index < -0.39 is 0 Å². The summed E-state index contributed by atoms with van der Waals surface area (Å²) >= 11 is 4.99. The first-order valence-electron chi connectivity index (χ1n) is 4.41. The number of ether oxygens (including phenoxy) is 1. The zero-order chi connectivity index (χ0) is 10.2. The van der Waals surface area contributed by atoms with Crippen molar-refractivity contribution in [3.8, 4) is 11.5 Å². The Balaban J connectivity index is 2.36. The topological polar surface area (TPSA) is 18.5 Å². The van der Waals surface area contributed by atoms with E-state index in [4.69, 9.17) is 8.92 Å². The van der Waals surface area contributed by atoms with E-state index in [1.165, 1.54) is 5.56 Å². The molecule has 0 bridgehead atoms. The molecule has 4 heteroatoms. The molecule has 0 aliphatic carbocycles. The minimum Gasteiger partial charge on any atom is -0.483 e. The summed E-state index contributed by atoms with van der Waals surface area (Å²) in [6.45, 7) is 4.15. The van der Waals surface area contributed by atoms with Crippen LogP contribution in [0.3, 0.4) is 0 Å². The quantitative estimate of drug-likeness (QED) is 0.476. The van der Waals surface area contributed by atoms with Crippen LogP contribution in [-0.4, -0.2) is 5.60 Å². The van der Waals surface area contributed by atoms with Gasteiger partial charge in [-0.15, -0.1) is 0 Å². The Labute approximate surface area is 93.0 Å². The molecule has 0 amide bonds. The minimum absolute atomic E-state index is 0.122. The third-order valence-corrected chi connectivity index (χ3v) is 2.66. The lowest BCUT2D eigenvalue weighted by Gasteiger charge is -2.17. The highest BCUT2D eigenvalue weighted by atomic mass is 33.1. The average molecular weight is 228 g/mol. The first kappa shape index (κ1) is 10.1. The highest BCUT2D eigenvalue weighted by molar-refractivity contribution is 8.66. The van der Waals surface area contributed by atoms with Crippen LogP contribution in [0.15, 0.2) is 18.2 Å². The zero-order valence-corrected chi connectivity index (χ0v) is 9.82. The van der Waals surface area contributed by atoms with E-state index in [9.17, 15) is 0 Å². The lowest BCUT2D eigenvalue weighted by molar-refractivity contribution is 0.136. The van der Waals surface area contributed by atoms with Gasteiger partial charge < -0.3 is 8.92 Å². The summed E-state index contributed by atoms with van der Waals surface area (Å²) < 4.78 is 11.1. The summed E-state index contributed by atoms with van der Waals surface area (Å²) in [5.74, 6) is 1.62. The number of para-hydroxylation sites is 1. The van der Waals surface area contributed by atoms with Crippen molar-refractivity contribution in [2.24, 2.45) is 0 Å². The highest BCUT2D eigenvalue weighted by Gasteiger charge is 2.32. The van der Waals surface area contributed by atoms with Gasteiger partial charge in [0.25, 0.3) is 0 Å². The third-order valence-electron chi connectivity index (χ3n) is 2.18. The fourth-order valence-electron chi connectivity index (χ4n) is 1.69. The van der Waals surface area contributed by atoms with Crippen LogP contribution in [-0.2, 0) is 6.42 Å². The standard InChI is InChI=1S/C10H12O2S2/c1-10(2)6-7-4-3-5-8(12-14-13)9(7)11-10/h3-5,13H,6H2,1-2H3. The molecule has 1 aliphatic heterocycles. The summed E-state index contributed by atoms with van der Waals surface area (Å²) in [5.41, 5.74) is 1.08. The highest BCUT2D eigenvalue weighted by Crippen LogP contribution is 2.42. The molecule has 0 N–H and O–H groups in total. The smallest absolute Gasteiger partial charge is 0.180 e. The van der Waals surface area contributed by atoms with Gasteiger partial charge in [0.05, 0.1) is 0 Å². The van der Waals surface area contributed by atoms with Crippen LogP contribution in [0.4, 0.5) is 0 Å². The molecule has 0 saturated carbocycles. The first-order chi connectivity index (χ1) is 6.62. The van der Waals surface area contributed by atoms with Gasteiger partial charge in [-0.25, -0.2) is 0 Å². The van der Waals surface area contributed by atoms with E-state index in [-0.39, 0.29) is 5.60 Å². The third kappa shape index (κ3) is 1.81. The monoisotopic (exact) mass is 228 g/mol. The van der Waals surface area contributed by atoms with Crippen molar-refractivity contribution in [3.63, 3.8) is 0 Å². The van der Waals surface area contributed by atoms with E-state index in [1.54, 1.807) is 0 Å². The van der Waals surface area contributed by atoms with Crippen LogP contribution in [0.5, 0.6) is 11.5 Å². The average Bonchev–Trinajstić information content (AvgIpc) is 2.41.